The maximum Gasteiger partial charge on any atom is 0.229 e. The maximum absolute atomic E-state index is 15.0. The first-order valence-electron chi connectivity index (χ1n) is 13.4. The van der Waals surface area contributed by atoms with Crippen LogP contribution in [0.2, 0.25) is 0 Å². The number of hydrogen-bond acceptors (Lipinski definition) is 6. The number of nitrogens with zero attached hydrogens (tertiary/aromatic N) is 6. The number of likely N-dealkylation sites (tertiary alicyclic amines) is 1. The number of hydrogen-bond donors (Lipinski definition) is 1. The minimum absolute atomic E-state index is 0.0150. The van der Waals surface area contributed by atoms with E-state index in [9.17, 15) is 8.78 Å². The van der Waals surface area contributed by atoms with Crippen molar-refractivity contribution in [3.8, 4) is 11.3 Å². The lowest BCUT2D eigenvalue weighted by atomic mass is 9.92. The molecule has 1 saturated carbocycles. The van der Waals surface area contributed by atoms with Gasteiger partial charge in [0.1, 0.15) is 22.9 Å². The summed E-state index contributed by atoms with van der Waals surface area (Å²) < 4.78 is 31.7. The number of anilines is 2. The van der Waals surface area contributed by atoms with Crippen molar-refractivity contribution in [1.29, 1.82) is 0 Å². The molecule has 0 bridgehead atoms. The van der Waals surface area contributed by atoms with Crippen molar-refractivity contribution < 1.29 is 8.78 Å². The molecule has 1 aliphatic heterocycles. The lowest BCUT2D eigenvalue weighted by Crippen LogP contribution is -2.36. The molecule has 9 heteroatoms. The van der Waals surface area contributed by atoms with Crippen LogP contribution in [0.5, 0.6) is 0 Å². The Hall–Kier alpha value is -3.46. The Bertz CT molecular complexity index is 1480. The smallest absolute Gasteiger partial charge is 0.229 e. The summed E-state index contributed by atoms with van der Waals surface area (Å²) in [6.07, 6.45) is 8.36. The number of nitrogens with one attached hydrogen (secondary N) is 1. The molecule has 0 radical (unpaired) electrons. The molecule has 1 aliphatic carbocycles. The SMILES string of the molecule is Cc1nc2c(F)cc(-c3nc(Nc4ccc([C@@H](C)N5CCC6(CC5)CC6)cn4)ncc3F)cc2n1C(C)C. The minimum atomic E-state index is -0.631. The monoisotopic (exact) mass is 517 g/mol. The van der Waals surface area contributed by atoms with Gasteiger partial charge < -0.3 is 9.88 Å². The molecular formula is C29H33F2N7. The second kappa shape index (κ2) is 9.38. The van der Waals surface area contributed by atoms with E-state index in [1.54, 1.807) is 6.07 Å². The summed E-state index contributed by atoms with van der Waals surface area (Å²) in [6, 6.07) is 7.32. The Balaban J connectivity index is 1.22. The molecule has 1 saturated heterocycles. The Labute approximate surface area is 221 Å². The fourth-order valence-corrected chi connectivity index (χ4v) is 5.80. The lowest BCUT2D eigenvalue weighted by molar-refractivity contribution is 0.131. The van der Waals surface area contributed by atoms with Crippen molar-refractivity contribution in [2.45, 2.75) is 65.5 Å². The molecule has 7 nitrogen and oxygen atoms in total. The highest BCUT2D eigenvalue weighted by molar-refractivity contribution is 5.83. The summed E-state index contributed by atoms with van der Waals surface area (Å²) in [6.45, 7) is 10.3. The van der Waals surface area contributed by atoms with Crippen LogP contribution in [0.25, 0.3) is 22.3 Å². The summed E-state index contributed by atoms with van der Waals surface area (Å²) >= 11 is 0. The molecule has 6 rings (SSSR count). The van der Waals surface area contributed by atoms with Crippen LogP contribution in [-0.4, -0.2) is 42.5 Å². The van der Waals surface area contributed by atoms with Gasteiger partial charge in [-0.3, -0.25) is 4.90 Å². The second-order valence-electron chi connectivity index (χ2n) is 11.2. The highest BCUT2D eigenvalue weighted by Gasteiger charge is 2.44. The number of pyridine rings is 1. The Kier molecular flexibility index (Phi) is 6.13. The number of benzene rings is 1. The van der Waals surface area contributed by atoms with Gasteiger partial charge in [-0.25, -0.2) is 28.7 Å². The second-order valence-corrected chi connectivity index (χ2v) is 11.2. The number of imidazole rings is 1. The standard InChI is InChI=1S/C29H33F2N7/c1-17(2)38-19(4)34-27-22(30)13-21(14-24(27)38)26-23(31)16-33-28(36-26)35-25-6-5-20(15-32-25)18(3)37-11-9-29(7-8-29)10-12-37/h5-6,13-18H,7-12H2,1-4H3,(H,32,33,35,36)/t18-/m1/s1. The zero-order chi connectivity index (χ0) is 26.6. The minimum Gasteiger partial charge on any atom is -0.326 e. The van der Waals surface area contributed by atoms with Crippen molar-refractivity contribution in [2.75, 3.05) is 18.4 Å². The van der Waals surface area contributed by atoms with Gasteiger partial charge in [-0.05, 0) is 95.6 Å². The molecule has 1 spiro atoms. The van der Waals surface area contributed by atoms with E-state index in [0.29, 0.717) is 34.2 Å². The van der Waals surface area contributed by atoms with E-state index < -0.39 is 11.6 Å². The molecule has 1 N–H and O–H groups in total. The summed E-state index contributed by atoms with van der Waals surface area (Å²) in [5.74, 6) is 0.305. The average molecular weight is 518 g/mol. The van der Waals surface area contributed by atoms with Crippen LogP contribution in [-0.2, 0) is 0 Å². The van der Waals surface area contributed by atoms with Gasteiger partial charge in [0.25, 0.3) is 0 Å². The molecule has 38 heavy (non-hydrogen) atoms. The van der Waals surface area contributed by atoms with Gasteiger partial charge in [-0.2, -0.15) is 0 Å². The number of fused-ring (bicyclic) bond motifs is 1. The van der Waals surface area contributed by atoms with Gasteiger partial charge in [0.05, 0.1) is 11.7 Å². The van der Waals surface area contributed by atoms with Crippen molar-refractivity contribution in [2.24, 2.45) is 5.41 Å². The molecule has 4 aromatic rings. The number of piperidine rings is 1. The number of aryl methyl sites for hydroxylation is 1. The largest absolute Gasteiger partial charge is 0.326 e. The third-order valence-electron chi connectivity index (χ3n) is 8.33. The average Bonchev–Trinajstić information content (AvgIpc) is 3.56. The summed E-state index contributed by atoms with van der Waals surface area (Å²) in [5.41, 5.74) is 3.02. The highest BCUT2D eigenvalue weighted by atomic mass is 19.1. The van der Waals surface area contributed by atoms with Gasteiger partial charge in [0.2, 0.25) is 5.95 Å². The lowest BCUT2D eigenvalue weighted by Gasteiger charge is -2.36. The van der Waals surface area contributed by atoms with Crippen LogP contribution in [0.4, 0.5) is 20.5 Å². The zero-order valence-electron chi connectivity index (χ0n) is 22.3. The van der Waals surface area contributed by atoms with Crippen LogP contribution >= 0.6 is 0 Å². The molecule has 3 aromatic heterocycles. The first-order valence-corrected chi connectivity index (χ1v) is 13.4. The van der Waals surface area contributed by atoms with Crippen molar-refractivity contribution in [1.82, 2.24) is 29.4 Å². The molecule has 2 aliphatic rings. The molecule has 1 atom stereocenters. The fraction of sp³-hybridized carbons (Fsp3) is 0.448. The van der Waals surface area contributed by atoms with Crippen LogP contribution < -0.4 is 5.32 Å². The summed E-state index contributed by atoms with van der Waals surface area (Å²) in [7, 11) is 0. The van der Waals surface area contributed by atoms with E-state index >= 15 is 0 Å². The van der Waals surface area contributed by atoms with E-state index in [0.717, 1.165) is 24.8 Å². The Morgan fingerprint density at radius 3 is 2.34 bits per heavy atom. The van der Waals surface area contributed by atoms with Crippen molar-refractivity contribution in [3.05, 3.63) is 59.7 Å². The van der Waals surface area contributed by atoms with Crippen LogP contribution in [0, 0.1) is 24.0 Å². The number of halogens is 2. The zero-order valence-corrected chi connectivity index (χ0v) is 22.3. The van der Waals surface area contributed by atoms with E-state index in [-0.39, 0.29) is 23.2 Å². The van der Waals surface area contributed by atoms with Gasteiger partial charge in [0.15, 0.2) is 11.6 Å². The van der Waals surface area contributed by atoms with E-state index in [2.05, 4.69) is 43.1 Å². The van der Waals surface area contributed by atoms with Gasteiger partial charge in [-0.1, -0.05) is 6.07 Å². The summed E-state index contributed by atoms with van der Waals surface area (Å²) in [4.78, 5) is 19.9. The van der Waals surface area contributed by atoms with E-state index in [4.69, 9.17) is 0 Å². The van der Waals surface area contributed by atoms with Gasteiger partial charge >= 0.3 is 0 Å². The molecule has 4 heterocycles. The Morgan fingerprint density at radius 1 is 0.921 bits per heavy atom. The Morgan fingerprint density at radius 2 is 1.68 bits per heavy atom. The predicted octanol–water partition coefficient (Wildman–Crippen LogP) is 6.74. The van der Waals surface area contributed by atoms with Crippen LogP contribution in [0.15, 0.2) is 36.7 Å². The van der Waals surface area contributed by atoms with E-state index in [1.807, 2.05) is 37.6 Å². The normalized spacial score (nSPS) is 17.9. The molecule has 0 amide bonds. The highest BCUT2D eigenvalue weighted by Crippen LogP contribution is 2.54. The number of aromatic nitrogens is 5. The quantitative estimate of drug-likeness (QED) is 0.306. The fourth-order valence-electron chi connectivity index (χ4n) is 5.80. The third kappa shape index (κ3) is 4.53. The van der Waals surface area contributed by atoms with Crippen molar-refractivity contribution in [3.63, 3.8) is 0 Å². The first kappa shape index (κ1) is 24.9. The van der Waals surface area contributed by atoms with Gasteiger partial charge in [0, 0.05) is 23.8 Å². The van der Waals surface area contributed by atoms with Crippen LogP contribution in [0.3, 0.4) is 0 Å². The molecule has 1 aromatic carbocycles. The van der Waals surface area contributed by atoms with Crippen LogP contribution in [0.1, 0.15) is 69.9 Å². The molecular weight excluding hydrogens is 484 g/mol. The predicted molar refractivity (Wildman–Crippen MR) is 144 cm³/mol. The molecule has 2 fully saturated rings. The van der Waals surface area contributed by atoms with Crippen molar-refractivity contribution >= 4 is 22.8 Å². The molecule has 198 valence electrons. The summed E-state index contributed by atoms with van der Waals surface area (Å²) in [5, 5.41) is 3.07. The van der Waals surface area contributed by atoms with Gasteiger partial charge in [-0.15, -0.1) is 0 Å². The maximum atomic E-state index is 15.0. The topological polar surface area (TPSA) is 71.8 Å². The first-order chi connectivity index (χ1) is 18.2. The molecule has 0 unspecified atom stereocenters. The third-order valence-corrected chi connectivity index (χ3v) is 8.33. The number of rotatable bonds is 6. The van der Waals surface area contributed by atoms with E-state index in [1.165, 1.54) is 31.7 Å².